The van der Waals surface area contributed by atoms with Crippen molar-refractivity contribution in [3.8, 4) is 5.75 Å². The number of hydrogen-bond acceptors (Lipinski definition) is 3. The van der Waals surface area contributed by atoms with Crippen molar-refractivity contribution in [2.75, 3.05) is 20.2 Å². The van der Waals surface area contributed by atoms with E-state index in [1.54, 1.807) is 17.0 Å². The molecule has 0 heterocycles. The van der Waals surface area contributed by atoms with E-state index in [1.807, 2.05) is 20.8 Å². The van der Waals surface area contributed by atoms with Crippen molar-refractivity contribution >= 4 is 5.91 Å². The predicted octanol–water partition coefficient (Wildman–Crippen LogP) is 2.57. The number of carbonyl (C=O) groups is 1. The van der Waals surface area contributed by atoms with Crippen LogP contribution in [0.5, 0.6) is 5.75 Å². The highest BCUT2D eigenvalue weighted by Gasteiger charge is 2.16. The van der Waals surface area contributed by atoms with Crippen molar-refractivity contribution in [3.63, 3.8) is 0 Å². The molecule has 0 saturated heterocycles. The average molecular weight is 296 g/mol. The molecule has 1 aromatic rings. The molecule has 118 valence electrons. The molecule has 0 aliphatic rings. The van der Waals surface area contributed by atoms with E-state index >= 15 is 0 Å². The van der Waals surface area contributed by atoms with E-state index in [9.17, 15) is 9.18 Å². The zero-order valence-corrected chi connectivity index (χ0v) is 13.3. The van der Waals surface area contributed by atoms with Gasteiger partial charge in [0.15, 0.2) is 11.6 Å². The molecule has 0 aliphatic carbocycles. The number of carbonyl (C=O) groups excluding carboxylic acids is 1. The number of ether oxygens (including phenoxy) is 1. The molecule has 21 heavy (non-hydrogen) atoms. The van der Waals surface area contributed by atoms with Gasteiger partial charge in [0.05, 0.1) is 7.11 Å². The van der Waals surface area contributed by atoms with Crippen molar-refractivity contribution in [1.29, 1.82) is 0 Å². The third-order valence-corrected chi connectivity index (χ3v) is 3.36. The third-order valence-electron chi connectivity index (χ3n) is 3.36. The topological polar surface area (TPSA) is 41.6 Å². The van der Waals surface area contributed by atoms with Gasteiger partial charge in [0, 0.05) is 25.6 Å². The molecule has 0 fully saturated rings. The Kier molecular flexibility index (Phi) is 7.15. The van der Waals surface area contributed by atoms with Crippen LogP contribution in [0.3, 0.4) is 0 Å². The first-order valence-electron chi connectivity index (χ1n) is 7.35. The van der Waals surface area contributed by atoms with Crippen LogP contribution in [0.4, 0.5) is 4.39 Å². The summed E-state index contributed by atoms with van der Waals surface area (Å²) in [6, 6.07) is 4.93. The van der Waals surface area contributed by atoms with E-state index in [-0.39, 0.29) is 17.7 Å². The molecule has 0 radical (unpaired) electrons. The maximum Gasteiger partial charge on any atom is 0.224 e. The Morgan fingerprint density at radius 2 is 2.14 bits per heavy atom. The molecule has 1 unspecified atom stereocenters. The van der Waals surface area contributed by atoms with Gasteiger partial charge in [0.25, 0.3) is 0 Å². The Balaban J connectivity index is 2.69. The Labute approximate surface area is 126 Å². The van der Waals surface area contributed by atoms with Crippen molar-refractivity contribution in [1.82, 2.24) is 10.2 Å². The van der Waals surface area contributed by atoms with Gasteiger partial charge < -0.3 is 15.0 Å². The van der Waals surface area contributed by atoms with E-state index in [0.717, 1.165) is 12.1 Å². The lowest BCUT2D eigenvalue weighted by atomic mass is 10.1. The summed E-state index contributed by atoms with van der Waals surface area (Å²) < 4.78 is 18.6. The first-order valence-corrected chi connectivity index (χ1v) is 7.35. The standard InChI is InChI=1S/C16H25FN2O2/c1-5-18-12(3)9-16(20)19(6-2)11-13-7-8-15(21-4)14(17)10-13/h7-8,10,12,18H,5-6,9,11H2,1-4H3. The number of nitrogens with one attached hydrogen (secondary N) is 1. The van der Waals surface area contributed by atoms with Crippen LogP contribution < -0.4 is 10.1 Å². The SMILES string of the molecule is CCNC(C)CC(=O)N(CC)Cc1ccc(OC)c(F)c1. The lowest BCUT2D eigenvalue weighted by molar-refractivity contribution is -0.132. The van der Waals surface area contributed by atoms with E-state index in [4.69, 9.17) is 4.74 Å². The van der Waals surface area contributed by atoms with Gasteiger partial charge >= 0.3 is 0 Å². The third kappa shape index (κ3) is 5.34. The van der Waals surface area contributed by atoms with Gasteiger partial charge in [-0.1, -0.05) is 13.0 Å². The predicted molar refractivity (Wildman–Crippen MR) is 81.8 cm³/mol. The van der Waals surface area contributed by atoms with Crippen molar-refractivity contribution < 1.29 is 13.9 Å². The highest BCUT2D eigenvalue weighted by atomic mass is 19.1. The Hall–Kier alpha value is -1.62. The number of methoxy groups -OCH3 is 1. The minimum Gasteiger partial charge on any atom is -0.494 e. The monoisotopic (exact) mass is 296 g/mol. The molecule has 0 aromatic heterocycles. The van der Waals surface area contributed by atoms with Crippen LogP contribution >= 0.6 is 0 Å². The summed E-state index contributed by atoms with van der Waals surface area (Å²) in [5.41, 5.74) is 0.764. The molecular formula is C16H25FN2O2. The maximum atomic E-state index is 13.7. The lowest BCUT2D eigenvalue weighted by Gasteiger charge is -2.23. The van der Waals surface area contributed by atoms with Gasteiger partial charge in [-0.15, -0.1) is 0 Å². The summed E-state index contributed by atoms with van der Waals surface area (Å²) in [5, 5.41) is 3.22. The number of nitrogens with zero attached hydrogens (tertiary/aromatic N) is 1. The van der Waals surface area contributed by atoms with Gasteiger partial charge in [-0.25, -0.2) is 4.39 Å². The quantitative estimate of drug-likeness (QED) is 0.801. The second kappa shape index (κ2) is 8.62. The van der Waals surface area contributed by atoms with Crippen LogP contribution in [-0.2, 0) is 11.3 Å². The molecule has 0 spiro atoms. The van der Waals surface area contributed by atoms with Crippen LogP contribution in [0.15, 0.2) is 18.2 Å². The summed E-state index contributed by atoms with van der Waals surface area (Å²) in [6.07, 6.45) is 0.445. The fourth-order valence-electron chi connectivity index (χ4n) is 2.22. The zero-order chi connectivity index (χ0) is 15.8. The second-order valence-electron chi connectivity index (χ2n) is 5.04. The summed E-state index contributed by atoms with van der Waals surface area (Å²) in [5.74, 6) is -0.115. The highest BCUT2D eigenvalue weighted by Crippen LogP contribution is 2.19. The molecule has 0 saturated carbocycles. The Morgan fingerprint density at radius 1 is 1.43 bits per heavy atom. The summed E-state index contributed by atoms with van der Waals surface area (Å²) >= 11 is 0. The Bertz CT molecular complexity index is 466. The fourth-order valence-corrected chi connectivity index (χ4v) is 2.22. The molecule has 1 amide bonds. The second-order valence-corrected chi connectivity index (χ2v) is 5.04. The van der Waals surface area contributed by atoms with Crippen LogP contribution in [0.25, 0.3) is 0 Å². The number of hydrogen-bond donors (Lipinski definition) is 1. The van der Waals surface area contributed by atoms with Crippen LogP contribution in [0.1, 0.15) is 32.8 Å². The van der Waals surface area contributed by atoms with E-state index in [0.29, 0.717) is 19.5 Å². The van der Waals surface area contributed by atoms with Crippen molar-refractivity contribution in [3.05, 3.63) is 29.6 Å². The van der Waals surface area contributed by atoms with Crippen LogP contribution in [0.2, 0.25) is 0 Å². The van der Waals surface area contributed by atoms with E-state index in [2.05, 4.69) is 5.32 Å². The van der Waals surface area contributed by atoms with Crippen LogP contribution in [0, 0.1) is 5.82 Å². The first-order chi connectivity index (χ1) is 10.0. The summed E-state index contributed by atoms with van der Waals surface area (Å²) in [6.45, 7) is 7.78. The molecule has 5 heteroatoms. The molecule has 1 rings (SSSR count). The van der Waals surface area contributed by atoms with Crippen molar-refractivity contribution in [2.45, 2.75) is 39.8 Å². The first kappa shape index (κ1) is 17.4. The minimum absolute atomic E-state index is 0.0715. The smallest absolute Gasteiger partial charge is 0.224 e. The largest absolute Gasteiger partial charge is 0.494 e. The molecule has 1 atom stereocenters. The minimum atomic E-state index is -0.403. The molecule has 1 N–H and O–H groups in total. The van der Waals surface area contributed by atoms with E-state index < -0.39 is 5.82 Å². The highest BCUT2D eigenvalue weighted by molar-refractivity contribution is 5.76. The zero-order valence-electron chi connectivity index (χ0n) is 13.3. The molecule has 0 bridgehead atoms. The number of rotatable bonds is 8. The molecule has 1 aromatic carbocycles. The van der Waals surface area contributed by atoms with Crippen LogP contribution in [-0.4, -0.2) is 37.0 Å². The summed E-state index contributed by atoms with van der Waals surface area (Å²) in [7, 11) is 1.43. The van der Waals surface area contributed by atoms with Gasteiger partial charge in [0.2, 0.25) is 5.91 Å². The number of halogens is 1. The van der Waals surface area contributed by atoms with E-state index in [1.165, 1.54) is 13.2 Å². The molecular weight excluding hydrogens is 271 g/mol. The van der Waals surface area contributed by atoms with Gasteiger partial charge in [0.1, 0.15) is 0 Å². The normalized spacial score (nSPS) is 12.0. The fraction of sp³-hybridized carbons (Fsp3) is 0.562. The Morgan fingerprint density at radius 3 is 2.67 bits per heavy atom. The maximum absolute atomic E-state index is 13.7. The molecule has 4 nitrogen and oxygen atoms in total. The van der Waals surface area contributed by atoms with Crippen molar-refractivity contribution in [2.24, 2.45) is 0 Å². The van der Waals surface area contributed by atoms with Gasteiger partial charge in [-0.2, -0.15) is 0 Å². The van der Waals surface area contributed by atoms with Gasteiger partial charge in [-0.05, 0) is 38.1 Å². The lowest BCUT2D eigenvalue weighted by Crippen LogP contribution is -2.36. The number of benzene rings is 1. The molecule has 0 aliphatic heterocycles. The average Bonchev–Trinajstić information content (AvgIpc) is 2.45. The van der Waals surface area contributed by atoms with Gasteiger partial charge in [-0.3, -0.25) is 4.79 Å². The number of amides is 1. The summed E-state index contributed by atoms with van der Waals surface area (Å²) in [4.78, 5) is 14.0.